The molecule has 0 aromatic heterocycles. The van der Waals surface area contributed by atoms with Crippen LogP contribution in [0.1, 0.15) is 46.5 Å². The third-order valence-electron chi connectivity index (χ3n) is 4.52. The third-order valence-corrected chi connectivity index (χ3v) is 5.47. The molecular weight excluding hydrogens is 326 g/mol. The summed E-state index contributed by atoms with van der Waals surface area (Å²) in [6, 6.07) is 0. The number of nitrogens with zero attached hydrogens (tertiary/aromatic N) is 1. The van der Waals surface area contributed by atoms with Crippen LogP contribution in [0.5, 0.6) is 0 Å². The maximum Gasteiger partial charge on any atom is 0.255 e. The third kappa shape index (κ3) is 4.33. The first-order chi connectivity index (χ1) is 11.0. The van der Waals surface area contributed by atoms with Gasteiger partial charge in [0, 0.05) is 18.0 Å². The predicted octanol–water partition coefficient (Wildman–Crippen LogP) is 5.63. The van der Waals surface area contributed by atoms with Gasteiger partial charge in [-0.2, -0.15) is 11.8 Å². The minimum atomic E-state index is 0.00224. The average molecular weight is 352 g/mol. The van der Waals surface area contributed by atoms with Gasteiger partial charge in [-0.05, 0) is 62.5 Å². The lowest BCUT2D eigenvalue weighted by Gasteiger charge is -2.36. The maximum absolute atomic E-state index is 12.8. The van der Waals surface area contributed by atoms with Crippen LogP contribution in [0.25, 0.3) is 0 Å². The molecule has 1 saturated carbocycles. The Bertz CT molecular complexity index is 596. The van der Waals surface area contributed by atoms with Crippen molar-refractivity contribution < 1.29 is 4.79 Å². The van der Waals surface area contributed by atoms with E-state index in [0.717, 1.165) is 23.4 Å². The van der Waals surface area contributed by atoms with Gasteiger partial charge in [0.15, 0.2) is 0 Å². The Morgan fingerprint density at radius 1 is 1.43 bits per heavy atom. The molecule has 0 unspecified atom stereocenters. The van der Waals surface area contributed by atoms with E-state index in [1.807, 2.05) is 13.2 Å². The quantitative estimate of drug-likeness (QED) is 0.598. The van der Waals surface area contributed by atoms with Gasteiger partial charge in [0.05, 0.1) is 10.7 Å². The van der Waals surface area contributed by atoms with Crippen molar-refractivity contribution >= 4 is 29.3 Å². The van der Waals surface area contributed by atoms with E-state index >= 15 is 0 Å². The summed E-state index contributed by atoms with van der Waals surface area (Å²) in [5.74, 6) is 1.41. The summed E-state index contributed by atoms with van der Waals surface area (Å²) in [6.07, 6.45) is 12.2. The van der Waals surface area contributed by atoms with Crippen molar-refractivity contribution in [3.63, 3.8) is 0 Å². The molecule has 1 amide bonds. The maximum atomic E-state index is 12.8. The van der Waals surface area contributed by atoms with Crippen LogP contribution < -0.4 is 0 Å². The predicted molar refractivity (Wildman–Crippen MR) is 101 cm³/mol. The van der Waals surface area contributed by atoms with E-state index < -0.39 is 0 Å². The van der Waals surface area contributed by atoms with E-state index in [4.69, 9.17) is 11.6 Å². The number of hydrogen-bond donors (Lipinski definition) is 0. The molecule has 0 saturated heterocycles. The summed E-state index contributed by atoms with van der Waals surface area (Å²) in [5.41, 5.74) is 4.64. The molecule has 0 atom stereocenters. The van der Waals surface area contributed by atoms with E-state index in [1.54, 1.807) is 28.9 Å². The monoisotopic (exact) mass is 351 g/mol. The first-order valence-electron chi connectivity index (χ1n) is 8.26. The summed E-state index contributed by atoms with van der Waals surface area (Å²) < 4.78 is 0. The molecule has 4 heteroatoms. The Balaban J connectivity index is 2.39. The number of allylic oxidation sites excluding steroid dienone is 4. The number of carbonyl (C=O) groups excluding carboxylic acids is 1. The van der Waals surface area contributed by atoms with Crippen molar-refractivity contribution in [3.8, 4) is 0 Å². The number of rotatable bonds is 5. The minimum absolute atomic E-state index is 0.00224. The highest BCUT2D eigenvalue weighted by Gasteiger charge is 2.31. The second kappa shape index (κ2) is 8.25. The van der Waals surface area contributed by atoms with E-state index in [0.29, 0.717) is 11.0 Å². The fourth-order valence-corrected chi connectivity index (χ4v) is 3.71. The van der Waals surface area contributed by atoms with Crippen LogP contribution >= 0.6 is 23.4 Å². The molecule has 1 fully saturated rings. The Labute approximate surface area is 149 Å². The van der Waals surface area contributed by atoms with Gasteiger partial charge < -0.3 is 0 Å². The van der Waals surface area contributed by atoms with Crippen LogP contribution in [-0.4, -0.2) is 22.8 Å². The highest BCUT2D eigenvalue weighted by atomic mass is 35.5. The smallest absolute Gasteiger partial charge is 0.255 e. The number of thioether (sulfide) groups is 1. The Morgan fingerprint density at radius 2 is 2.13 bits per heavy atom. The Kier molecular flexibility index (Phi) is 6.60. The molecule has 2 aliphatic rings. The molecule has 0 spiro atoms. The lowest BCUT2D eigenvalue weighted by molar-refractivity contribution is -0.122. The zero-order valence-corrected chi connectivity index (χ0v) is 16.1. The summed E-state index contributed by atoms with van der Waals surface area (Å²) in [7, 11) is 0. The number of halogens is 1. The van der Waals surface area contributed by atoms with Gasteiger partial charge in [0.25, 0.3) is 5.91 Å². The van der Waals surface area contributed by atoms with Crippen molar-refractivity contribution in [1.82, 2.24) is 4.90 Å². The van der Waals surface area contributed by atoms with Gasteiger partial charge in [0.2, 0.25) is 0 Å². The molecule has 0 aromatic rings. The zero-order valence-electron chi connectivity index (χ0n) is 14.5. The largest absolute Gasteiger partial charge is 0.283 e. The van der Waals surface area contributed by atoms with Crippen LogP contribution in [0.15, 0.2) is 45.8 Å². The van der Waals surface area contributed by atoms with E-state index in [1.165, 1.54) is 30.4 Å². The van der Waals surface area contributed by atoms with Crippen LogP contribution in [0.2, 0.25) is 0 Å². The normalized spacial score (nSPS) is 21.6. The molecular formula is C19H26ClNOS. The molecule has 23 heavy (non-hydrogen) atoms. The van der Waals surface area contributed by atoms with Crippen LogP contribution in [0, 0.1) is 5.92 Å². The van der Waals surface area contributed by atoms with Crippen molar-refractivity contribution in [1.29, 1.82) is 0 Å². The fraction of sp³-hybridized carbons (Fsp3) is 0.526. The summed E-state index contributed by atoms with van der Waals surface area (Å²) in [5, 5.41) is 0.642. The van der Waals surface area contributed by atoms with Crippen LogP contribution in [0.3, 0.4) is 0 Å². The lowest BCUT2D eigenvalue weighted by Crippen LogP contribution is -2.31. The topological polar surface area (TPSA) is 20.3 Å². The van der Waals surface area contributed by atoms with Gasteiger partial charge in [-0.25, -0.2) is 0 Å². The SMILES string of the molecule is CC/C(C)=C1/C(C2CCC2)=CC(Cl)=CN1C(=O)/C=C(\C)CSC. The lowest BCUT2D eigenvalue weighted by atomic mass is 9.76. The van der Waals surface area contributed by atoms with Gasteiger partial charge in [0.1, 0.15) is 0 Å². The average Bonchev–Trinajstić information content (AvgIpc) is 2.44. The molecule has 1 aliphatic carbocycles. The standard InChI is InChI=1S/C19H26ClNOS/c1-5-14(3)19-17(15-7-6-8-15)10-16(20)11-21(19)18(22)9-13(2)12-23-4/h9-11,15H,5-8,12H2,1-4H3/b13-9+,19-14-. The summed E-state index contributed by atoms with van der Waals surface area (Å²) in [4.78, 5) is 14.6. The van der Waals surface area contributed by atoms with Crippen molar-refractivity contribution in [2.75, 3.05) is 12.0 Å². The second-order valence-corrected chi connectivity index (χ2v) is 7.66. The molecule has 0 radical (unpaired) electrons. The molecule has 126 valence electrons. The van der Waals surface area contributed by atoms with Crippen molar-refractivity contribution in [2.24, 2.45) is 5.92 Å². The summed E-state index contributed by atoms with van der Waals surface area (Å²) in [6.45, 7) is 6.26. The first kappa shape index (κ1) is 18.4. The van der Waals surface area contributed by atoms with E-state index in [9.17, 15) is 4.79 Å². The zero-order chi connectivity index (χ0) is 17.0. The molecule has 1 aliphatic heterocycles. The molecule has 2 nitrogen and oxygen atoms in total. The molecule has 2 rings (SSSR count). The molecule has 1 heterocycles. The Morgan fingerprint density at radius 3 is 2.65 bits per heavy atom. The number of hydrogen-bond acceptors (Lipinski definition) is 2. The van der Waals surface area contributed by atoms with E-state index in [2.05, 4.69) is 19.9 Å². The van der Waals surface area contributed by atoms with Crippen LogP contribution in [-0.2, 0) is 4.79 Å². The highest BCUT2D eigenvalue weighted by Crippen LogP contribution is 2.42. The van der Waals surface area contributed by atoms with E-state index in [-0.39, 0.29) is 5.91 Å². The second-order valence-electron chi connectivity index (χ2n) is 6.36. The summed E-state index contributed by atoms with van der Waals surface area (Å²) >= 11 is 8.05. The van der Waals surface area contributed by atoms with Gasteiger partial charge in [-0.1, -0.05) is 30.5 Å². The molecule has 0 aromatic carbocycles. The minimum Gasteiger partial charge on any atom is -0.283 e. The molecule has 0 bridgehead atoms. The number of carbonyl (C=O) groups is 1. The fourth-order valence-electron chi connectivity index (χ4n) is 2.95. The van der Waals surface area contributed by atoms with Gasteiger partial charge in [-0.3, -0.25) is 9.69 Å². The highest BCUT2D eigenvalue weighted by molar-refractivity contribution is 7.98. The van der Waals surface area contributed by atoms with Gasteiger partial charge >= 0.3 is 0 Å². The van der Waals surface area contributed by atoms with Crippen LogP contribution in [0.4, 0.5) is 0 Å². The van der Waals surface area contributed by atoms with Crippen molar-refractivity contribution in [2.45, 2.75) is 46.5 Å². The van der Waals surface area contributed by atoms with Gasteiger partial charge in [-0.15, -0.1) is 0 Å². The number of amides is 1. The first-order valence-corrected chi connectivity index (χ1v) is 10.0. The van der Waals surface area contributed by atoms with Crippen molar-refractivity contribution in [3.05, 3.63) is 45.8 Å². The Hall–Kier alpha value is -0.930. The molecule has 0 N–H and O–H groups in total.